The number of fused-ring (bicyclic) bond motifs is 1. The second kappa shape index (κ2) is 7.83. The molecule has 0 saturated carbocycles. The van der Waals surface area contributed by atoms with Crippen molar-refractivity contribution in [3.8, 4) is 5.75 Å². The Morgan fingerprint density at radius 1 is 1.20 bits per heavy atom. The maximum Gasteiger partial charge on any atom is 0.251 e. The minimum absolute atomic E-state index is 0.0807. The van der Waals surface area contributed by atoms with Crippen molar-refractivity contribution in [1.29, 1.82) is 0 Å². The molecular formula is C20H23N3O2. The van der Waals surface area contributed by atoms with E-state index in [2.05, 4.69) is 22.9 Å². The van der Waals surface area contributed by atoms with Crippen LogP contribution in [0.15, 0.2) is 48.5 Å². The highest BCUT2D eigenvalue weighted by molar-refractivity contribution is 5.94. The van der Waals surface area contributed by atoms with E-state index in [0.29, 0.717) is 17.9 Å². The van der Waals surface area contributed by atoms with Crippen molar-refractivity contribution in [1.82, 2.24) is 14.9 Å². The zero-order valence-electron chi connectivity index (χ0n) is 14.7. The van der Waals surface area contributed by atoms with Crippen LogP contribution in [0.3, 0.4) is 0 Å². The molecular weight excluding hydrogens is 314 g/mol. The van der Waals surface area contributed by atoms with Crippen LogP contribution in [0.4, 0.5) is 0 Å². The van der Waals surface area contributed by atoms with E-state index in [-0.39, 0.29) is 5.91 Å². The lowest BCUT2D eigenvalue weighted by Gasteiger charge is -2.08. The highest BCUT2D eigenvalue weighted by Gasteiger charge is 2.09. The molecule has 1 amide bonds. The lowest BCUT2D eigenvalue weighted by atomic mass is 10.2. The third kappa shape index (κ3) is 3.82. The van der Waals surface area contributed by atoms with Gasteiger partial charge in [0, 0.05) is 25.1 Å². The largest absolute Gasteiger partial charge is 0.497 e. The van der Waals surface area contributed by atoms with Crippen LogP contribution in [0, 0.1) is 0 Å². The fourth-order valence-corrected chi connectivity index (χ4v) is 2.98. The van der Waals surface area contributed by atoms with E-state index >= 15 is 0 Å². The number of imidazole rings is 1. The van der Waals surface area contributed by atoms with Crippen LogP contribution in [-0.2, 0) is 13.0 Å². The monoisotopic (exact) mass is 337 g/mol. The second-order valence-electron chi connectivity index (χ2n) is 5.85. The van der Waals surface area contributed by atoms with E-state index in [9.17, 15) is 4.79 Å². The van der Waals surface area contributed by atoms with Crippen LogP contribution in [-0.4, -0.2) is 29.1 Å². The summed E-state index contributed by atoms with van der Waals surface area (Å²) < 4.78 is 7.39. The third-order valence-corrected chi connectivity index (χ3v) is 4.24. The Labute approximate surface area is 147 Å². The highest BCUT2D eigenvalue weighted by atomic mass is 16.5. The van der Waals surface area contributed by atoms with Gasteiger partial charge in [0.15, 0.2) is 0 Å². The second-order valence-corrected chi connectivity index (χ2v) is 5.85. The maximum absolute atomic E-state index is 12.2. The normalized spacial score (nSPS) is 10.8. The Hall–Kier alpha value is -2.82. The Bertz CT molecular complexity index is 870. The van der Waals surface area contributed by atoms with E-state index < -0.39 is 0 Å². The van der Waals surface area contributed by atoms with E-state index in [0.717, 1.165) is 30.7 Å². The number of aromatic nitrogens is 2. The van der Waals surface area contributed by atoms with Crippen molar-refractivity contribution in [2.75, 3.05) is 13.7 Å². The van der Waals surface area contributed by atoms with Gasteiger partial charge in [0.05, 0.1) is 18.1 Å². The number of hydrogen-bond donors (Lipinski definition) is 1. The van der Waals surface area contributed by atoms with Gasteiger partial charge in [-0.25, -0.2) is 4.98 Å². The average Bonchev–Trinajstić information content (AvgIpc) is 3.02. The minimum atomic E-state index is -0.0807. The number of carbonyl (C=O) groups is 1. The van der Waals surface area contributed by atoms with E-state index in [1.54, 1.807) is 19.2 Å². The molecule has 0 atom stereocenters. The van der Waals surface area contributed by atoms with Crippen LogP contribution < -0.4 is 10.1 Å². The van der Waals surface area contributed by atoms with Crippen molar-refractivity contribution >= 4 is 16.9 Å². The zero-order chi connectivity index (χ0) is 17.6. The molecule has 0 aliphatic heterocycles. The predicted octanol–water partition coefficient (Wildman–Crippen LogP) is 3.43. The molecule has 0 aliphatic rings. The maximum atomic E-state index is 12.2. The lowest BCUT2D eigenvalue weighted by Crippen LogP contribution is -2.25. The predicted molar refractivity (Wildman–Crippen MR) is 99.1 cm³/mol. The molecule has 0 spiro atoms. The summed E-state index contributed by atoms with van der Waals surface area (Å²) in [6.07, 6.45) is 1.68. The Balaban J connectivity index is 1.57. The Kier molecular flexibility index (Phi) is 5.33. The Morgan fingerprint density at radius 2 is 2.04 bits per heavy atom. The summed E-state index contributed by atoms with van der Waals surface area (Å²) in [5, 5.41) is 2.96. The van der Waals surface area contributed by atoms with Crippen LogP contribution in [0.1, 0.15) is 29.5 Å². The molecule has 0 fully saturated rings. The SMILES string of the molecule is CCn1c(CCCNC(=O)c2cccc(OC)c2)nc2ccccc21. The fraction of sp³-hybridized carbons (Fsp3) is 0.300. The van der Waals surface area contributed by atoms with E-state index in [1.807, 2.05) is 30.3 Å². The number of nitrogens with zero attached hydrogens (tertiary/aromatic N) is 2. The number of aryl methyl sites for hydroxylation is 2. The molecule has 2 aromatic carbocycles. The van der Waals surface area contributed by atoms with E-state index in [1.165, 1.54) is 5.52 Å². The van der Waals surface area contributed by atoms with Crippen LogP contribution in [0.5, 0.6) is 5.75 Å². The number of para-hydroxylation sites is 2. The van der Waals surface area contributed by atoms with Gasteiger partial charge in [-0.2, -0.15) is 0 Å². The molecule has 0 radical (unpaired) electrons. The van der Waals surface area contributed by atoms with Crippen LogP contribution in [0.25, 0.3) is 11.0 Å². The number of amides is 1. The molecule has 1 aromatic heterocycles. The third-order valence-electron chi connectivity index (χ3n) is 4.24. The van der Waals surface area contributed by atoms with E-state index in [4.69, 9.17) is 9.72 Å². The van der Waals surface area contributed by atoms with Gasteiger partial charge in [0.25, 0.3) is 5.91 Å². The lowest BCUT2D eigenvalue weighted by molar-refractivity contribution is 0.0953. The van der Waals surface area contributed by atoms with Gasteiger partial charge in [-0.05, 0) is 43.7 Å². The van der Waals surface area contributed by atoms with Gasteiger partial charge in [-0.15, -0.1) is 0 Å². The smallest absolute Gasteiger partial charge is 0.251 e. The minimum Gasteiger partial charge on any atom is -0.497 e. The van der Waals surface area contributed by atoms with Crippen molar-refractivity contribution in [3.05, 3.63) is 59.9 Å². The first-order valence-electron chi connectivity index (χ1n) is 8.59. The summed E-state index contributed by atoms with van der Waals surface area (Å²) in [4.78, 5) is 16.9. The number of ether oxygens (including phenoxy) is 1. The summed E-state index contributed by atoms with van der Waals surface area (Å²) in [6.45, 7) is 3.64. The number of rotatable bonds is 7. The number of hydrogen-bond acceptors (Lipinski definition) is 3. The molecule has 130 valence electrons. The summed E-state index contributed by atoms with van der Waals surface area (Å²) in [5.41, 5.74) is 2.81. The molecule has 0 aliphatic carbocycles. The molecule has 0 bridgehead atoms. The summed E-state index contributed by atoms with van der Waals surface area (Å²) in [7, 11) is 1.59. The summed E-state index contributed by atoms with van der Waals surface area (Å²) >= 11 is 0. The number of benzene rings is 2. The van der Waals surface area contributed by atoms with Gasteiger partial charge in [-0.3, -0.25) is 4.79 Å². The van der Waals surface area contributed by atoms with Crippen LogP contribution >= 0.6 is 0 Å². The molecule has 25 heavy (non-hydrogen) atoms. The molecule has 5 nitrogen and oxygen atoms in total. The van der Waals surface area contributed by atoms with Gasteiger partial charge in [-0.1, -0.05) is 18.2 Å². The molecule has 0 unspecified atom stereocenters. The first-order chi connectivity index (χ1) is 12.2. The highest BCUT2D eigenvalue weighted by Crippen LogP contribution is 2.17. The molecule has 1 N–H and O–H groups in total. The molecule has 0 saturated heterocycles. The van der Waals surface area contributed by atoms with Crippen molar-refractivity contribution in [2.45, 2.75) is 26.3 Å². The topological polar surface area (TPSA) is 56.2 Å². The number of carbonyl (C=O) groups excluding carboxylic acids is 1. The molecule has 5 heteroatoms. The Morgan fingerprint density at radius 3 is 2.84 bits per heavy atom. The van der Waals surface area contributed by atoms with Gasteiger partial charge >= 0.3 is 0 Å². The molecule has 3 rings (SSSR count). The van der Waals surface area contributed by atoms with Crippen molar-refractivity contribution in [2.24, 2.45) is 0 Å². The standard InChI is InChI=1S/C20H23N3O2/c1-3-23-18-11-5-4-10-17(18)22-19(23)12-7-13-21-20(24)15-8-6-9-16(14-15)25-2/h4-6,8-11,14H,3,7,12-13H2,1-2H3,(H,21,24). The van der Waals surface area contributed by atoms with Gasteiger partial charge < -0.3 is 14.6 Å². The fourth-order valence-electron chi connectivity index (χ4n) is 2.98. The van der Waals surface area contributed by atoms with Crippen molar-refractivity contribution in [3.63, 3.8) is 0 Å². The first kappa shape index (κ1) is 17.0. The van der Waals surface area contributed by atoms with Gasteiger partial charge in [0.1, 0.15) is 11.6 Å². The molecule has 1 heterocycles. The zero-order valence-corrected chi connectivity index (χ0v) is 14.7. The molecule has 3 aromatic rings. The summed E-state index contributed by atoms with van der Waals surface area (Å²) in [6, 6.07) is 15.3. The number of nitrogens with one attached hydrogen (secondary N) is 1. The summed E-state index contributed by atoms with van der Waals surface area (Å²) in [5.74, 6) is 1.67. The quantitative estimate of drug-likeness (QED) is 0.672. The van der Waals surface area contributed by atoms with Crippen LogP contribution in [0.2, 0.25) is 0 Å². The average molecular weight is 337 g/mol. The number of methoxy groups -OCH3 is 1. The van der Waals surface area contributed by atoms with Crippen molar-refractivity contribution < 1.29 is 9.53 Å². The first-order valence-corrected chi connectivity index (χ1v) is 8.59. The van der Waals surface area contributed by atoms with Gasteiger partial charge in [0.2, 0.25) is 0 Å².